The Labute approximate surface area is 153 Å². The highest BCUT2D eigenvalue weighted by atomic mass is 15.0. The van der Waals surface area contributed by atoms with Crippen molar-refractivity contribution < 1.29 is 0 Å². The number of nitrogens with zero attached hydrogens (tertiary/aromatic N) is 2. The molecule has 4 rings (SSSR count). The highest BCUT2D eigenvalue weighted by molar-refractivity contribution is 5.90. The second-order valence-electron chi connectivity index (χ2n) is 6.03. The van der Waals surface area contributed by atoms with Crippen LogP contribution in [0, 0.1) is 0 Å². The van der Waals surface area contributed by atoms with Crippen molar-refractivity contribution in [1.29, 1.82) is 0 Å². The summed E-state index contributed by atoms with van der Waals surface area (Å²) in [6, 6.07) is 28.6. The molecule has 0 aliphatic heterocycles. The Morgan fingerprint density at radius 3 is 2.19 bits per heavy atom. The summed E-state index contributed by atoms with van der Waals surface area (Å²) < 4.78 is 0. The van der Waals surface area contributed by atoms with Crippen LogP contribution in [-0.2, 0) is 6.54 Å². The summed E-state index contributed by atoms with van der Waals surface area (Å²) in [6.07, 6.45) is 3.99. The Hall–Kier alpha value is -3.46. The fraction of sp³-hybridized carbons (Fsp3) is 0.0435. The lowest BCUT2D eigenvalue weighted by molar-refractivity contribution is 1.09. The van der Waals surface area contributed by atoms with E-state index in [0.717, 1.165) is 28.8 Å². The molecule has 1 heterocycles. The maximum Gasteiger partial charge on any atom is 0.154 e. The van der Waals surface area contributed by atoms with E-state index in [1.807, 2.05) is 72.8 Å². The van der Waals surface area contributed by atoms with Gasteiger partial charge < -0.3 is 5.32 Å². The number of hydrogen-bond donors (Lipinski definition) is 1. The standard InChI is InChI=1S/C23H19N3/c1-3-9-18(10-4-1)15-16-22-25-21-14-8-7-13-20(21)23(26-22)24-17-19-11-5-2-6-12-19/h1-16H,17H2,(H,24,25,26)/b16-15+. The lowest BCUT2D eigenvalue weighted by atomic mass is 10.2. The fourth-order valence-electron chi connectivity index (χ4n) is 2.82. The number of hydrogen-bond acceptors (Lipinski definition) is 3. The molecule has 26 heavy (non-hydrogen) atoms. The highest BCUT2D eigenvalue weighted by Gasteiger charge is 2.06. The van der Waals surface area contributed by atoms with Crippen molar-refractivity contribution in [3.8, 4) is 0 Å². The van der Waals surface area contributed by atoms with Crippen molar-refractivity contribution in [2.24, 2.45) is 0 Å². The lowest BCUT2D eigenvalue weighted by Gasteiger charge is -2.10. The zero-order chi connectivity index (χ0) is 17.6. The average Bonchev–Trinajstić information content (AvgIpc) is 2.72. The molecular formula is C23H19N3. The molecule has 0 unspecified atom stereocenters. The van der Waals surface area contributed by atoms with E-state index in [-0.39, 0.29) is 0 Å². The Morgan fingerprint density at radius 2 is 1.38 bits per heavy atom. The van der Waals surface area contributed by atoms with Crippen LogP contribution >= 0.6 is 0 Å². The van der Waals surface area contributed by atoms with Crippen LogP contribution in [0.3, 0.4) is 0 Å². The number of benzene rings is 3. The first-order chi connectivity index (χ1) is 12.9. The van der Waals surface area contributed by atoms with Gasteiger partial charge in [0.1, 0.15) is 5.82 Å². The summed E-state index contributed by atoms with van der Waals surface area (Å²) in [6.45, 7) is 0.726. The first-order valence-electron chi connectivity index (χ1n) is 8.66. The predicted octanol–water partition coefficient (Wildman–Crippen LogP) is 5.41. The molecule has 126 valence electrons. The molecule has 0 amide bonds. The molecule has 0 radical (unpaired) electrons. The van der Waals surface area contributed by atoms with Crippen LogP contribution < -0.4 is 5.32 Å². The summed E-state index contributed by atoms with van der Waals surface area (Å²) >= 11 is 0. The van der Waals surface area contributed by atoms with Crippen LogP contribution in [0.2, 0.25) is 0 Å². The molecule has 1 N–H and O–H groups in total. The van der Waals surface area contributed by atoms with E-state index in [9.17, 15) is 0 Å². The van der Waals surface area contributed by atoms with Gasteiger partial charge >= 0.3 is 0 Å². The van der Waals surface area contributed by atoms with Crippen LogP contribution in [0.4, 0.5) is 5.82 Å². The monoisotopic (exact) mass is 337 g/mol. The summed E-state index contributed by atoms with van der Waals surface area (Å²) in [5.74, 6) is 1.55. The smallest absolute Gasteiger partial charge is 0.154 e. The van der Waals surface area contributed by atoms with Crippen LogP contribution in [0.1, 0.15) is 17.0 Å². The molecule has 1 aromatic heterocycles. The van der Waals surface area contributed by atoms with E-state index in [1.54, 1.807) is 0 Å². The van der Waals surface area contributed by atoms with Gasteiger partial charge in [-0.05, 0) is 29.3 Å². The predicted molar refractivity (Wildman–Crippen MR) is 109 cm³/mol. The van der Waals surface area contributed by atoms with Gasteiger partial charge in [0.25, 0.3) is 0 Å². The van der Waals surface area contributed by atoms with E-state index in [0.29, 0.717) is 5.82 Å². The largest absolute Gasteiger partial charge is 0.365 e. The van der Waals surface area contributed by atoms with Gasteiger partial charge in [-0.25, -0.2) is 9.97 Å². The van der Waals surface area contributed by atoms with E-state index >= 15 is 0 Å². The number of aromatic nitrogens is 2. The third kappa shape index (κ3) is 3.78. The van der Waals surface area contributed by atoms with Crippen LogP contribution in [-0.4, -0.2) is 9.97 Å². The van der Waals surface area contributed by atoms with Crippen LogP contribution in [0.15, 0.2) is 84.9 Å². The molecule has 0 bridgehead atoms. The maximum absolute atomic E-state index is 4.72. The molecule has 0 aliphatic carbocycles. The second-order valence-corrected chi connectivity index (χ2v) is 6.03. The molecule has 0 aliphatic rings. The topological polar surface area (TPSA) is 37.8 Å². The molecule has 0 fully saturated rings. The first kappa shape index (κ1) is 16.0. The highest BCUT2D eigenvalue weighted by Crippen LogP contribution is 2.21. The van der Waals surface area contributed by atoms with Gasteiger partial charge in [0, 0.05) is 11.9 Å². The average molecular weight is 337 g/mol. The zero-order valence-corrected chi connectivity index (χ0v) is 14.3. The quantitative estimate of drug-likeness (QED) is 0.529. The zero-order valence-electron chi connectivity index (χ0n) is 14.3. The fourth-order valence-corrected chi connectivity index (χ4v) is 2.82. The van der Waals surface area contributed by atoms with Gasteiger partial charge in [-0.2, -0.15) is 0 Å². The number of para-hydroxylation sites is 1. The molecule has 0 spiro atoms. The third-order valence-electron chi connectivity index (χ3n) is 4.15. The van der Waals surface area contributed by atoms with Gasteiger partial charge in [-0.3, -0.25) is 0 Å². The van der Waals surface area contributed by atoms with E-state index in [4.69, 9.17) is 4.98 Å². The van der Waals surface area contributed by atoms with Gasteiger partial charge in [-0.15, -0.1) is 0 Å². The summed E-state index contributed by atoms with van der Waals surface area (Å²) in [5, 5.41) is 4.49. The molecule has 4 aromatic rings. The molecule has 0 saturated carbocycles. The van der Waals surface area contributed by atoms with Crippen LogP contribution in [0.5, 0.6) is 0 Å². The van der Waals surface area contributed by atoms with Gasteiger partial charge in [0.2, 0.25) is 0 Å². The first-order valence-corrected chi connectivity index (χ1v) is 8.66. The number of fused-ring (bicyclic) bond motifs is 1. The SMILES string of the molecule is C(=C\c1nc(NCc2ccccc2)c2ccccc2n1)/c1ccccc1. The molecule has 0 atom stereocenters. The number of anilines is 1. The summed E-state index contributed by atoms with van der Waals surface area (Å²) in [5.41, 5.74) is 3.28. The minimum Gasteiger partial charge on any atom is -0.365 e. The normalized spacial score (nSPS) is 11.1. The number of nitrogens with one attached hydrogen (secondary N) is 1. The van der Waals surface area contributed by atoms with Gasteiger partial charge in [0.05, 0.1) is 5.52 Å². The van der Waals surface area contributed by atoms with E-state index < -0.39 is 0 Å². The van der Waals surface area contributed by atoms with Crippen molar-refractivity contribution in [1.82, 2.24) is 9.97 Å². The van der Waals surface area contributed by atoms with Gasteiger partial charge in [-0.1, -0.05) is 78.9 Å². The molecule has 0 saturated heterocycles. The minimum absolute atomic E-state index is 0.697. The Bertz CT molecular complexity index is 1020. The van der Waals surface area contributed by atoms with E-state index in [2.05, 4.69) is 34.6 Å². The van der Waals surface area contributed by atoms with E-state index in [1.165, 1.54) is 5.56 Å². The second kappa shape index (κ2) is 7.62. The minimum atomic E-state index is 0.697. The molecule has 3 aromatic carbocycles. The van der Waals surface area contributed by atoms with Gasteiger partial charge in [0.15, 0.2) is 5.82 Å². The number of rotatable bonds is 5. The molecule has 3 heteroatoms. The van der Waals surface area contributed by atoms with Crippen LogP contribution in [0.25, 0.3) is 23.1 Å². The lowest BCUT2D eigenvalue weighted by Crippen LogP contribution is -2.04. The van der Waals surface area contributed by atoms with Crippen molar-refractivity contribution in [3.63, 3.8) is 0 Å². The van der Waals surface area contributed by atoms with Crippen molar-refractivity contribution in [2.75, 3.05) is 5.32 Å². The Morgan fingerprint density at radius 1 is 0.692 bits per heavy atom. The summed E-state index contributed by atoms with van der Waals surface area (Å²) in [4.78, 5) is 9.39. The third-order valence-corrected chi connectivity index (χ3v) is 4.15. The Kier molecular flexibility index (Phi) is 4.70. The summed E-state index contributed by atoms with van der Waals surface area (Å²) in [7, 11) is 0. The Balaban J connectivity index is 1.65. The molecule has 3 nitrogen and oxygen atoms in total. The molecular weight excluding hydrogens is 318 g/mol. The van der Waals surface area contributed by atoms with Crippen molar-refractivity contribution in [3.05, 3.63) is 102 Å². The maximum atomic E-state index is 4.72. The van der Waals surface area contributed by atoms with Crippen molar-refractivity contribution >= 4 is 28.9 Å². The van der Waals surface area contributed by atoms with Crippen molar-refractivity contribution in [2.45, 2.75) is 6.54 Å².